The first-order chi connectivity index (χ1) is 8.79. The minimum atomic E-state index is -0.343. The standard InChI is InChI=1S/C15H21BrO3/c1-15(2,3)14(17)11(16)8-10-6-7-12(18-4)13(9-10)19-5/h6-7,9,11H,8H2,1-5H3. The maximum Gasteiger partial charge on any atom is 0.160 e. The summed E-state index contributed by atoms with van der Waals surface area (Å²) in [6, 6.07) is 5.71. The van der Waals surface area contributed by atoms with Crippen LogP contribution in [-0.4, -0.2) is 24.8 Å². The molecule has 3 nitrogen and oxygen atoms in total. The van der Waals surface area contributed by atoms with E-state index in [4.69, 9.17) is 9.47 Å². The molecule has 1 aromatic carbocycles. The number of rotatable bonds is 5. The van der Waals surface area contributed by atoms with E-state index in [9.17, 15) is 4.79 Å². The summed E-state index contributed by atoms with van der Waals surface area (Å²) in [7, 11) is 3.21. The molecule has 0 saturated heterocycles. The van der Waals surface area contributed by atoms with Crippen LogP contribution in [0.15, 0.2) is 18.2 Å². The Balaban J connectivity index is 2.86. The molecule has 0 amide bonds. The fraction of sp³-hybridized carbons (Fsp3) is 0.533. The van der Waals surface area contributed by atoms with E-state index in [1.807, 2.05) is 39.0 Å². The summed E-state index contributed by atoms with van der Waals surface area (Å²) in [6.07, 6.45) is 0.635. The second-order valence-corrected chi connectivity index (χ2v) is 6.58. The van der Waals surface area contributed by atoms with Gasteiger partial charge in [0.1, 0.15) is 0 Å². The molecule has 106 valence electrons. The lowest BCUT2D eigenvalue weighted by Crippen LogP contribution is -2.30. The first-order valence-corrected chi connectivity index (χ1v) is 7.10. The van der Waals surface area contributed by atoms with Crippen LogP contribution >= 0.6 is 15.9 Å². The largest absolute Gasteiger partial charge is 0.493 e. The van der Waals surface area contributed by atoms with Crippen LogP contribution < -0.4 is 9.47 Å². The van der Waals surface area contributed by atoms with Gasteiger partial charge in [-0.25, -0.2) is 0 Å². The van der Waals surface area contributed by atoms with Crippen molar-refractivity contribution in [3.8, 4) is 11.5 Å². The Morgan fingerprint density at radius 1 is 1.21 bits per heavy atom. The lowest BCUT2D eigenvalue weighted by molar-refractivity contribution is -0.125. The molecular formula is C15H21BrO3. The Bertz CT molecular complexity index is 449. The molecule has 1 unspecified atom stereocenters. The fourth-order valence-corrected chi connectivity index (χ4v) is 2.84. The van der Waals surface area contributed by atoms with Gasteiger partial charge in [0.2, 0.25) is 0 Å². The van der Waals surface area contributed by atoms with Crippen LogP contribution in [0.3, 0.4) is 0 Å². The van der Waals surface area contributed by atoms with Crippen molar-refractivity contribution in [2.45, 2.75) is 32.0 Å². The van der Waals surface area contributed by atoms with Gasteiger partial charge in [-0.3, -0.25) is 4.79 Å². The summed E-state index contributed by atoms with van der Waals surface area (Å²) in [5.74, 6) is 1.57. The first kappa shape index (κ1) is 16.0. The summed E-state index contributed by atoms with van der Waals surface area (Å²) >= 11 is 3.48. The van der Waals surface area contributed by atoms with Crippen molar-refractivity contribution in [2.24, 2.45) is 5.41 Å². The van der Waals surface area contributed by atoms with E-state index in [1.54, 1.807) is 14.2 Å². The monoisotopic (exact) mass is 328 g/mol. The number of ketones is 1. The maximum absolute atomic E-state index is 12.1. The molecule has 0 spiro atoms. The third-order valence-corrected chi connectivity index (χ3v) is 3.63. The first-order valence-electron chi connectivity index (χ1n) is 6.19. The molecule has 4 heteroatoms. The Labute approximate surface area is 123 Å². The van der Waals surface area contributed by atoms with Crippen molar-refractivity contribution < 1.29 is 14.3 Å². The van der Waals surface area contributed by atoms with Crippen molar-refractivity contribution >= 4 is 21.7 Å². The molecule has 1 aromatic rings. The average Bonchev–Trinajstić information content (AvgIpc) is 2.36. The van der Waals surface area contributed by atoms with Gasteiger partial charge in [-0.15, -0.1) is 0 Å². The van der Waals surface area contributed by atoms with Crippen molar-refractivity contribution in [2.75, 3.05) is 14.2 Å². The summed E-state index contributed by atoms with van der Waals surface area (Å²) in [5, 5.41) is 0. The van der Waals surface area contributed by atoms with Crippen LogP contribution in [0.2, 0.25) is 0 Å². The zero-order valence-corrected chi connectivity index (χ0v) is 13.7. The summed E-state index contributed by atoms with van der Waals surface area (Å²) < 4.78 is 10.5. The fourth-order valence-electron chi connectivity index (χ4n) is 1.78. The molecule has 0 fully saturated rings. The summed E-state index contributed by atoms with van der Waals surface area (Å²) in [4.78, 5) is 12.0. The molecule has 0 aliphatic heterocycles. The number of ether oxygens (including phenoxy) is 2. The minimum Gasteiger partial charge on any atom is -0.493 e. The predicted octanol–water partition coefficient (Wildman–Crippen LogP) is 3.63. The summed E-state index contributed by atoms with van der Waals surface area (Å²) in [6.45, 7) is 5.79. The van der Waals surface area contributed by atoms with E-state index in [1.165, 1.54) is 0 Å². The molecule has 0 aliphatic rings. The lowest BCUT2D eigenvalue weighted by Gasteiger charge is -2.21. The van der Waals surface area contributed by atoms with Crippen molar-refractivity contribution in [3.05, 3.63) is 23.8 Å². The second kappa shape index (κ2) is 6.42. The Kier molecular flexibility index (Phi) is 5.41. The van der Waals surface area contributed by atoms with E-state index in [0.29, 0.717) is 17.9 Å². The van der Waals surface area contributed by atoms with Crippen molar-refractivity contribution in [1.29, 1.82) is 0 Å². The van der Waals surface area contributed by atoms with Crippen molar-refractivity contribution in [1.82, 2.24) is 0 Å². The number of carbonyl (C=O) groups excluding carboxylic acids is 1. The van der Waals surface area contributed by atoms with Crippen molar-refractivity contribution in [3.63, 3.8) is 0 Å². The average molecular weight is 329 g/mol. The van der Waals surface area contributed by atoms with Gasteiger partial charge in [0.15, 0.2) is 17.3 Å². The normalized spacial score (nSPS) is 12.9. The van der Waals surface area contributed by atoms with Crippen LogP contribution in [0.5, 0.6) is 11.5 Å². The van der Waals surface area contributed by atoms with Gasteiger partial charge >= 0.3 is 0 Å². The number of Topliss-reactive ketones (excluding diaryl/α,β-unsaturated/α-hetero) is 1. The van der Waals surface area contributed by atoms with E-state index < -0.39 is 0 Å². The highest BCUT2D eigenvalue weighted by Gasteiger charge is 2.28. The Hall–Kier alpha value is -1.03. The smallest absolute Gasteiger partial charge is 0.160 e. The number of hydrogen-bond acceptors (Lipinski definition) is 3. The number of alkyl halides is 1. The molecule has 1 rings (SSSR count). The molecule has 0 aromatic heterocycles. The number of methoxy groups -OCH3 is 2. The third kappa shape index (κ3) is 4.23. The van der Waals surface area contributed by atoms with E-state index in [0.717, 1.165) is 5.56 Å². The van der Waals surface area contributed by atoms with Crippen LogP contribution in [0.1, 0.15) is 26.3 Å². The zero-order valence-electron chi connectivity index (χ0n) is 12.1. The topological polar surface area (TPSA) is 35.5 Å². The number of carbonyl (C=O) groups is 1. The molecule has 0 saturated carbocycles. The highest BCUT2D eigenvalue weighted by Crippen LogP contribution is 2.30. The van der Waals surface area contributed by atoms with E-state index >= 15 is 0 Å². The molecular weight excluding hydrogens is 308 g/mol. The Morgan fingerprint density at radius 2 is 1.79 bits per heavy atom. The van der Waals surface area contributed by atoms with Crippen LogP contribution in [0.4, 0.5) is 0 Å². The van der Waals surface area contributed by atoms with Gasteiger partial charge in [0.05, 0.1) is 19.0 Å². The van der Waals surface area contributed by atoms with Gasteiger partial charge in [-0.05, 0) is 24.1 Å². The Morgan fingerprint density at radius 3 is 2.26 bits per heavy atom. The number of hydrogen-bond donors (Lipinski definition) is 0. The van der Waals surface area contributed by atoms with Gasteiger partial charge in [0.25, 0.3) is 0 Å². The molecule has 0 aliphatic carbocycles. The van der Waals surface area contributed by atoms with Gasteiger partial charge < -0.3 is 9.47 Å². The van der Waals surface area contributed by atoms with Gasteiger partial charge in [0, 0.05) is 5.41 Å². The lowest BCUT2D eigenvalue weighted by atomic mass is 9.87. The second-order valence-electron chi connectivity index (χ2n) is 5.48. The zero-order chi connectivity index (χ0) is 14.6. The molecule has 0 heterocycles. The molecule has 0 radical (unpaired) electrons. The van der Waals surface area contributed by atoms with Crippen LogP contribution in [-0.2, 0) is 11.2 Å². The van der Waals surface area contributed by atoms with Gasteiger partial charge in [-0.2, -0.15) is 0 Å². The molecule has 0 bridgehead atoms. The molecule has 19 heavy (non-hydrogen) atoms. The van der Waals surface area contributed by atoms with Gasteiger partial charge in [-0.1, -0.05) is 42.8 Å². The predicted molar refractivity (Wildman–Crippen MR) is 80.4 cm³/mol. The number of halogens is 1. The van der Waals surface area contributed by atoms with Crippen LogP contribution in [0.25, 0.3) is 0 Å². The third-order valence-electron chi connectivity index (χ3n) is 2.89. The SMILES string of the molecule is COc1ccc(CC(Br)C(=O)C(C)(C)C)cc1OC. The van der Waals surface area contributed by atoms with Crippen LogP contribution in [0, 0.1) is 5.41 Å². The van der Waals surface area contributed by atoms with E-state index in [2.05, 4.69) is 15.9 Å². The molecule has 1 atom stereocenters. The minimum absolute atomic E-state index is 0.189. The number of benzene rings is 1. The summed E-state index contributed by atoms with van der Waals surface area (Å²) in [5.41, 5.74) is 0.696. The van der Waals surface area contributed by atoms with E-state index in [-0.39, 0.29) is 16.0 Å². The highest BCUT2D eigenvalue weighted by atomic mass is 79.9. The maximum atomic E-state index is 12.1. The quantitative estimate of drug-likeness (QED) is 0.774. The molecule has 0 N–H and O–H groups in total. The highest BCUT2D eigenvalue weighted by molar-refractivity contribution is 9.10.